The largest absolute Gasteiger partial charge is 0.266 e. The van der Waals surface area contributed by atoms with Gasteiger partial charge in [-0.1, -0.05) is 44.9 Å². The van der Waals surface area contributed by atoms with E-state index in [9.17, 15) is 0 Å². The molecule has 6 heteroatoms. The molecule has 0 aliphatic heterocycles. The summed E-state index contributed by atoms with van der Waals surface area (Å²) in [6.07, 6.45) is 17.0. The van der Waals surface area contributed by atoms with E-state index < -0.39 is 0 Å². The number of aromatic nitrogens is 6. The van der Waals surface area contributed by atoms with Gasteiger partial charge in [-0.15, -0.1) is 0 Å². The lowest BCUT2D eigenvalue weighted by molar-refractivity contribution is 0.554. The summed E-state index contributed by atoms with van der Waals surface area (Å²) in [7, 11) is 0. The van der Waals surface area contributed by atoms with Gasteiger partial charge in [-0.05, 0) is 12.8 Å². The standard InChI is InChI=1S/C15H26N6/c1(2-4-6-8-10-14-16-12-18-20-14)3-5-7-9-11-15-17-13-19-21-15/h12-13H,1-11H2,(H,16,18,20)(H,17,19,21). The first kappa shape index (κ1) is 15.7. The molecule has 2 rings (SSSR count). The summed E-state index contributed by atoms with van der Waals surface area (Å²) in [5, 5.41) is 13.6. The highest BCUT2D eigenvalue weighted by Crippen LogP contribution is 2.11. The monoisotopic (exact) mass is 290 g/mol. The van der Waals surface area contributed by atoms with Gasteiger partial charge in [0.2, 0.25) is 0 Å². The molecule has 0 spiro atoms. The van der Waals surface area contributed by atoms with E-state index in [2.05, 4.69) is 30.4 Å². The third kappa shape index (κ3) is 7.02. The van der Waals surface area contributed by atoms with Gasteiger partial charge in [0.25, 0.3) is 0 Å². The number of hydrogen-bond acceptors (Lipinski definition) is 4. The molecule has 0 unspecified atom stereocenters. The number of rotatable bonds is 12. The molecule has 116 valence electrons. The smallest absolute Gasteiger partial charge is 0.150 e. The van der Waals surface area contributed by atoms with Crippen molar-refractivity contribution < 1.29 is 0 Å². The average Bonchev–Trinajstić information content (AvgIpc) is 3.18. The van der Waals surface area contributed by atoms with E-state index in [1.54, 1.807) is 12.7 Å². The van der Waals surface area contributed by atoms with Crippen LogP contribution in [0.1, 0.15) is 69.4 Å². The number of unbranched alkanes of at least 4 members (excludes halogenated alkanes) is 8. The zero-order valence-corrected chi connectivity index (χ0v) is 12.7. The van der Waals surface area contributed by atoms with E-state index in [1.165, 1.54) is 57.8 Å². The fraction of sp³-hybridized carbons (Fsp3) is 0.733. The van der Waals surface area contributed by atoms with Crippen LogP contribution in [0.2, 0.25) is 0 Å². The van der Waals surface area contributed by atoms with Gasteiger partial charge in [0.1, 0.15) is 24.3 Å². The van der Waals surface area contributed by atoms with Crippen LogP contribution in [-0.2, 0) is 12.8 Å². The van der Waals surface area contributed by atoms with Crippen LogP contribution in [0.25, 0.3) is 0 Å². The molecular weight excluding hydrogens is 264 g/mol. The van der Waals surface area contributed by atoms with Crippen molar-refractivity contribution in [2.75, 3.05) is 0 Å². The lowest BCUT2D eigenvalue weighted by Gasteiger charge is -2.01. The van der Waals surface area contributed by atoms with Crippen LogP contribution in [0, 0.1) is 0 Å². The summed E-state index contributed by atoms with van der Waals surface area (Å²) in [6.45, 7) is 0. The Morgan fingerprint density at radius 1 is 0.571 bits per heavy atom. The fourth-order valence-electron chi connectivity index (χ4n) is 2.52. The minimum Gasteiger partial charge on any atom is -0.266 e. The predicted octanol–water partition coefficient (Wildman–Crippen LogP) is 3.22. The number of hydrogen-bond donors (Lipinski definition) is 2. The number of H-pyrrole nitrogens is 2. The van der Waals surface area contributed by atoms with Crippen LogP contribution in [0.4, 0.5) is 0 Å². The lowest BCUT2D eigenvalue weighted by atomic mass is 10.1. The van der Waals surface area contributed by atoms with Gasteiger partial charge < -0.3 is 0 Å². The van der Waals surface area contributed by atoms with Gasteiger partial charge in [0.05, 0.1) is 0 Å². The van der Waals surface area contributed by atoms with E-state index >= 15 is 0 Å². The van der Waals surface area contributed by atoms with Crippen LogP contribution >= 0.6 is 0 Å². The maximum Gasteiger partial charge on any atom is 0.150 e. The van der Waals surface area contributed by atoms with Crippen LogP contribution in [0.15, 0.2) is 12.7 Å². The van der Waals surface area contributed by atoms with Crippen LogP contribution in [-0.4, -0.2) is 30.4 Å². The molecule has 0 saturated carbocycles. The van der Waals surface area contributed by atoms with Crippen molar-refractivity contribution in [2.24, 2.45) is 0 Å². The Balaban J connectivity index is 1.31. The van der Waals surface area contributed by atoms with E-state index in [4.69, 9.17) is 0 Å². The maximum atomic E-state index is 4.13. The van der Waals surface area contributed by atoms with E-state index in [-0.39, 0.29) is 0 Å². The van der Waals surface area contributed by atoms with Crippen molar-refractivity contribution in [3.63, 3.8) is 0 Å². The third-order valence-corrected chi connectivity index (χ3v) is 3.73. The summed E-state index contributed by atoms with van der Waals surface area (Å²) in [4.78, 5) is 8.27. The average molecular weight is 290 g/mol. The SMILES string of the molecule is c1nc(CCCCCCCCCCCc2nc[nH]n2)n[nH]1. The molecule has 0 atom stereocenters. The Kier molecular flexibility index (Phi) is 7.51. The molecule has 0 aliphatic carbocycles. The molecule has 2 N–H and O–H groups in total. The van der Waals surface area contributed by atoms with E-state index in [0.717, 1.165) is 24.5 Å². The molecule has 0 saturated heterocycles. The maximum absolute atomic E-state index is 4.13. The Morgan fingerprint density at radius 3 is 1.29 bits per heavy atom. The van der Waals surface area contributed by atoms with E-state index in [0.29, 0.717) is 0 Å². The zero-order chi connectivity index (χ0) is 14.6. The van der Waals surface area contributed by atoms with Crippen LogP contribution < -0.4 is 0 Å². The molecule has 0 fully saturated rings. The molecule has 0 aliphatic rings. The van der Waals surface area contributed by atoms with Crippen molar-refractivity contribution in [3.8, 4) is 0 Å². The zero-order valence-electron chi connectivity index (χ0n) is 12.7. The molecule has 0 amide bonds. The summed E-state index contributed by atoms with van der Waals surface area (Å²) >= 11 is 0. The lowest BCUT2D eigenvalue weighted by Crippen LogP contribution is -1.90. The van der Waals surface area contributed by atoms with Gasteiger partial charge in [-0.25, -0.2) is 9.97 Å². The molecule has 21 heavy (non-hydrogen) atoms. The summed E-state index contributed by atoms with van der Waals surface area (Å²) in [5.41, 5.74) is 0. The third-order valence-electron chi connectivity index (χ3n) is 3.73. The second-order valence-corrected chi connectivity index (χ2v) is 5.51. The molecule has 2 aromatic heterocycles. The highest BCUT2D eigenvalue weighted by Gasteiger charge is 1.98. The molecule has 2 heterocycles. The predicted molar refractivity (Wildman–Crippen MR) is 81.7 cm³/mol. The topological polar surface area (TPSA) is 83.1 Å². The molecule has 0 radical (unpaired) electrons. The summed E-state index contributed by atoms with van der Waals surface area (Å²) in [6, 6.07) is 0. The highest BCUT2D eigenvalue weighted by molar-refractivity contribution is 4.79. The van der Waals surface area contributed by atoms with Gasteiger partial charge in [0, 0.05) is 12.8 Å². The molecule has 2 aromatic rings. The second-order valence-electron chi connectivity index (χ2n) is 5.51. The normalized spacial score (nSPS) is 11.0. The first-order chi connectivity index (χ1) is 10.4. The molecular formula is C15H26N6. The van der Waals surface area contributed by atoms with Crippen molar-refractivity contribution in [1.29, 1.82) is 0 Å². The Labute approximate surface area is 126 Å². The second kappa shape index (κ2) is 10.1. The Hall–Kier alpha value is -1.72. The van der Waals surface area contributed by atoms with Crippen molar-refractivity contribution >= 4 is 0 Å². The van der Waals surface area contributed by atoms with Crippen molar-refractivity contribution in [1.82, 2.24) is 30.4 Å². The first-order valence-electron chi connectivity index (χ1n) is 8.14. The van der Waals surface area contributed by atoms with E-state index in [1.807, 2.05) is 0 Å². The van der Waals surface area contributed by atoms with Crippen molar-refractivity contribution in [2.45, 2.75) is 70.6 Å². The van der Waals surface area contributed by atoms with Gasteiger partial charge in [-0.3, -0.25) is 10.2 Å². The first-order valence-corrected chi connectivity index (χ1v) is 8.14. The summed E-state index contributed by atoms with van der Waals surface area (Å²) < 4.78 is 0. The minimum absolute atomic E-state index is 0.946. The highest BCUT2D eigenvalue weighted by atomic mass is 15.2. The van der Waals surface area contributed by atoms with Crippen LogP contribution in [0.3, 0.4) is 0 Å². The summed E-state index contributed by atoms with van der Waals surface area (Å²) in [5.74, 6) is 1.89. The minimum atomic E-state index is 0.946. The van der Waals surface area contributed by atoms with Crippen LogP contribution in [0.5, 0.6) is 0 Å². The van der Waals surface area contributed by atoms with Gasteiger partial charge in [0.15, 0.2) is 0 Å². The molecule has 6 nitrogen and oxygen atoms in total. The quantitative estimate of drug-likeness (QED) is 0.588. The van der Waals surface area contributed by atoms with Crippen molar-refractivity contribution in [3.05, 3.63) is 24.3 Å². The number of aryl methyl sites for hydroxylation is 2. The fourth-order valence-corrected chi connectivity index (χ4v) is 2.52. The Morgan fingerprint density at radius 2 is 0.952 bits per heavy atom. The number of nitrogens with one attached hydrogen (secondary N) is 2. The number of aromatic amines is 2. The van der Waals surface area contributed by atoms with Gasteiger partial charge >= 0.3 is 0 Å². The Bertz CT molecular complexity index is 394. The number of nitrogens with zero attached hydrogens (tertiary/aromatic N) is 4. The molecule has 0 aromatic carbocycles. The molecule has 0 bridgehead atoms. The van der Waals surface area contributed by atoms with Gasteiger partial charge in [-0.2, -0.15) is 10.2 Å².